The van der Waals surface area contributed by atoms with Crippen LogP contribution in [-0.4, -0.2) is 38.9 Å². The van der Waals surface area contributed by atoms with E-state index in [1.165, 1.54) is 31.3 Å². The van der Waals surface area contributed by atoms with Crippen LogP contribution in [-0.2, 0) is 14.3 Å². The molecule has 0 N–H and O–H groups in total. The van der Waals surface area contributed by atoms with Crippen LogP contribution in [0.4, 0.5) is 0 Å². The zero-order valence-corrected chi connectivity index (χ0v) is 21.1. The fourth-order valence-electron chi connectivity index (χ4n) is 8.55. The van der Waals surface area contributed by atoms with Gasteiger partial charge in [0.05, 0.1) is 16.6 Å². The highest BCUT2D eigenvalue weighted by atomic mass is 127. The average Bonchev–Trinajstić information content (AvgIpc) is 3.14. The molecule has 5 rings (SSSR count). The zero-order valence-electron chi connectivity index (χ0n) is 18.9. The summed E-state index contributed by atoms with van der Waals surface area (Å²) >= 11 is 2.18. The van der Waals surface area contributed by atoms with Crippen LogP contribution in [0, 0.1) is 28.6 Å². The molecule has 3 unspecified atom stereocenters. The molecule has 1 amide bonds. The molecule has 1 aliphatic heterocycles. The molecular formula is C25H36INO3. The monoisotopic (exact) mass is 525 g/mol. The molecule has 30 heavy (non-hydrogen) atoms. The van der Waals surface area contributed by atoms with Crippen LogP contribution in [0.1, 0.15) is 79.1 Å². The number of alkyl halides is 1. The number of carbonyl (C=O) groups is 2. The summed E-state index contributed by atoms with van der Waals surface area (Å²) in [6.45, 7) is 9.83. The molecule has 1 spiro atoms. The zero-order chi connectivity index (χ0) is 21.5. The Morgan fingerprint density at radius 2 is 1.83 bits per heavy atom. The standard InChI is InChI=1S/C25H36INO3/c1-22(2)27(21(29)14-26)15-25(30-22)12-9-20-18-6-5-16-13-17(28)7-10-23(16,3)19(18)8-11-24(20,25)4/h13,18-20H,5-12,14-15H2,1-4H3/t18?,19?,20?,23-,24-,25+/m0/s1. The molecule has 1 saturated heterocycles. The fraction of sp³-hybridized carbons (Fsp3) is 0.840. The molecule has 4 nitrogen and oxygen atoms in total. The highest BCUT2D eigenvalue weighted by molar-refractivity contribution is 14.1. The smallest absolute Gasteiger partial charge is 0.234 e. The number of fused-ring (bicyclic) bond motifs is 6. The third-order valence-electron chi connectivity index (χ3n) is 10.2. The molecule has 166 valence electrons. The Hall–Kier alpha value is -0.430. The highest BCUT2D eigenvalue weighted by Gasteiger charge is 2.69. The maximum Gasteiger partial charge on any atom is 0.234 e. The van der Waals surface area contributed by atoms with E-state index >= 15 is 0 Å². The first-order valence-corrected chi connectivity index (χ1v) is 13.4. The van der Waals surface area contributed by atoms with Gasteiger partial charge in [-0.3, -0.25) is 9.59 Å². The summed E-state index contributed by atoms with van der Waals surface area (Å²) < 4.78 is 7.39. The maximum atomic E-state index is 12.7. The van der Waals surface area contributed by atoms with Crippen LogP contribution in [0.2, 0.25) is 0 Å². The molecule has 0 radical (unpaired) electrons. The van der Waals surface area contributed by atoms with Gasteiger partial charge in [0.1, 0.15) is 5.72 Å². The predicted octanol–water partition coefficient (Wildman–Crippen LogP) is 5.29. The lowest BCUT2D eigenvalue weighted by Gasteiger charge is -2.59. The largest absolute Gasteiger partial charge is 0.347 e. The van der Waals surface area contributed by atoms with E-state index in [0.29, 0.717) is 22.0 Å². The summed E-state index contributed by atoms with van der Waals surface area (Å²) in [5, 5.41) is 0. The third kappa shape index (κ3) is 2.72. The van der Waals surface area contributed by atoms with Gasteiger partial charge in [-0.2, -0.15) is 0 Å². The Bertz CT molecular complexity index is 821. The van der Waals surface area contributed by atoms with E-state index in [-0.39, 0.29) is 22.3 Å². The molecule has 4 fully saturated rings. The minimum atomic E-state index is -0.519. The lowest BCUT2D eigenvalue weighted by molar-refractivity contribution is -0.181. The van der Waals surface area contributed by atoms with Crippen molar-refractivity contribution in [2.75, 3.05) is 11.0 Å². The number of hydrogen-bond donors (Lipinski definition) is 0. The van der Waals surface area contributed by atoms with Gasteiger partial charge in [-0.1, -0.05) is 42.0 Å². The molecule has 5 aliphatic rings. The molecule has 4 aliphatic carbocycles. The van der Waals surface area contributed by atoms with Crippen LogP contribution in [0.15, 0.2) is 11.6 Å². The van der Waals surface area contributed by atoms with E-state index in [1.54, 1.807) is 0 Å². The van der Waals surface area contributed by atoms with Gasteiger partial charge in [0.15, 0.2) is 5.78 Å². The van der Waals surface area contributed by atoms with Crippen LogP contribution in [0.5, 0.6) is 0 Å². The van der Waals surface area contributed by atoms with E-state index in [2.05, 4.69) is 50.3 Å². The first-order chi connectivity index (χ1) is 14.1. The van der Waals surface area contributed by atoms with Crippen molar-refractivity contribution in [3.8, 4) is 0 Å². The van der Waals surface area contributed by atoms with E-state index in [0.717, 1.165) is 38.1 Å². The van der Waals surface area contributed by atoms with Crippen molar-refractivity contribution in [3.05, 3.63) is 11.6 Å². The fourth-order valence-corrected chi connectivity index (χ4v) is 8.96. The number of carbonyl (C=O) groups excluding carboxylic acids is 2. The van der Waals surface area contributed by atoms with Crippen molar-refractivity contribution in [2.45, 2.75) is 90.4 Å². The Morgan fingerprint density at radius 1 is 1.10 bits per heavy atom. The van der Waals surface area contributed by atoms with Gasteiger partial charge in [0, 0.05) is 11.8 Å². The SMILES string of the molecule is CC1(C)O[C@]2(CCC3C4CCC5=CC(=O)CC[C@]5(C)C4CC[C@@]32C)CN1C(=O)CI. The minimum Gasteiger partial charge on any atom is -0.347 e. The average molecular weight is 525 g/mol. The number of allylic oxidation sites excluding steroid dienone is 1. The van der Waals surface area contributed by atoms with Crippen molar-refractivity contribution >= 4 is 34.3 Å². The lowest BCUT2D eigenvalue weighted by atomic mass is 9.46. The van der Waals surface area contributed by atoms with Gasteiger partial charge in [0.25, 0.3) is 0 Å². The lowest BCUT2D eigenvalue weighted by Crippen LogP contribution is -2.56. The van der Waals surface area contributed by atoms with Gasteiger partial charge in [-0.25, -0.2) is 0 Å². The second-order valence-corrected chi connectivity index (χ2v) is 12.4. The molecule has 1 heterocycles. The highest BCUT2D eigenvalue weighted by Crippen LogP contribution is 2.69. The Labute approximate surface area is 194 Å². The first kappa shape index (κ1) is 21.4. The van der Waals surface area contributed by atoms with Gasteiger partial charge in [0.2, 0.25) is 5.91 Å². The third-order valence-corrected chi connectivity index (χ3v) is 10.8. The number of halogens is 1. The number of ketones is 1. The molecule has 0 aromatic carbocycles. The Morgan fingerprint density at radius 3 is 2.57 bits per heavy atom. The van der Waals surface area contributed by atoms with Crippen molar-refractivity contribution in [2.24, 2.45) is 28.6 Å². The second kappa shape index (κ2) is 6.79. The van der Waals surface area contributed by atoms with E-state index in [1.807, 2.05) is 11.0 Å². The summed E-state index contributed by atoms with van der Waals surface area (Å²) in [6, 6.07) is 0. The van der Waals surface area contributed by atoms with E-state index in [9.17, 15) is 9.59 Å². The number of hydrogen-bond acceptors (Lipinski definition) is 3. The van der Waals surface area contributed by atoms with Crippen LogP contribution in [0.3, 0.4) is 0 Å². The van der Waals surface area contributed by atoms with Crippen molar-refractivity contribution in [1.29, 1.82) is 0 Å². The molecule has 5 heteroatoms. The number of nitrogens with zero attached hydrogens (tertiary/aromatic N) is 1. The number of ether oxygens (including phenoxy) is 1. The topological polar surface area (TPSA) is 46.6 Å². The molecule has 3 saturated carbocycles. The Kier molecular flexibility index (Phi) is 4.84. The van der Waals surface area contributed by atoms with Crippen molar-refractivity contribution in [1.82, 2.24) is 4.90 Å². The van der Waals surface area contributed by atoms with Crippen molar-refractivity contribution < 1.29 is 14.3 Å². The molecule has 0 bridgehead atoms. The van der Waals surface area contributed by atoms with E-state index in [4.69, 9.17) is 4.74 Å². The maximum absolute atomic E-state index is 12.7. The quantitative estimate of drug-likeness (QED) is 0.346. The van der Waals surface area contributed by atoms with Gasteiger partial charge in [-0.05, 0) is 88.0 Å². The minimum absolute atomic E-state index is 0.133. The first-order valence-electron chi connectivity index (χ1n) is 11.9. The molecular weight excluding hydrogens is 489 g/mol. The van der Waals surface area contributed by atoms with Crippen molar-refractivity contribution in [3.63, 3.8) is 0 Å². The summed E-state index contributed by atoms with van der Waals surface area (Å²) in [5.41, 5.74) is 1.07. The van der Waals surface area contributed by atoms with Gasteiger partial charge in [-0.15, -0.1) is 0 Å². The molecule has 6 atom stereocenters. The summed E-state index contributed by atoms with van der Waals surface area (Å²) in [5.74, 6) is 2.62. The van der Waals surface area contributed by atoms with Crippen LogP contribution >= 0.6 is 22.6 Å². The van der Waals surface area contributed by atoms with Gasteiger partial charge < -0.3 is 9.64 Å². The second-order valence-electron chi connectivity index (χ2n) is 11.6. The van der Waals surface area contributed by atoms with Gasteiger partial charge >= 0.3 is 0 Å². The summed E-state index contributed by atoms with van der Waals surface area (Å²) in [6.07, 6.45) is 10.8. The summed E-state index contributed by atoms with van der Waals surface area (Å²) in [7, 11) is 0. The number of rotatable bonds is 1. The van der Waals surface area contributed by atoms with Crippen LogP contribution < -0.4 is 0 Å². The normalized spacial score (nSPS) is 47.0. The van der Waals surface area contributed by atoms with Crippen LogP contribution in [0.25, 0.3) is 0 Å². The number of amides is 1. The van der Waals surface area contributed by atoms with E-state index < -0.39 is 5.72 Å². The Balaban J connectivity index is 1.46. The summed E-state index contributed by atoms with van der Waals surface area (Å²) in [4.78, 5) is 26.8. The molecule has 0 aromatic rings. The molecule has 0 aromatic heterocycles. The predicted molar refractivity (Wildman–Crippen MR) is 125 cm³/mol.